The molecule has 2 rings (SSSR count). The Morgan fingerprint density at radius 2 is 1.96 bits per heavy atom. The van der Waals surface area contributed by atoms with Crippen molar-refractivity contribution in [3.63, 3.8) is 0 Å². The fourth-order valence-corrected chi connectivity index (χ4v) is 2.92. The summed E-state index contributed by atoms with van der Waals surface area (Å²) in [6.45, 7) is 4.92. The number of ether oxygens (including phenoxy) is 2. The van der Waals surface area contributed by atoms with Gasteiger partial charge in [-0.25, -0.2) is 5.43 Å². The van der Waals surface area contributed by atoms with Gasteiger partial charge in [0.25, 0.3) is 5.91 Å². The fraction of sp³-hybridized carbons (Fsp3) is 0.222. The molecule has 0 atom stereocenters. The lowest BCUT2D eigenvalue weighted by Crippen LogP contribution is -2.19. The van der Waals surface area contributed by atoms with E-state index in [9.17, 15) is 4.79 Å². The van der Waals surface area contributed by atoms with Crippen LogP contribution in [0.1, 0.15) is 29.8 Å². The molecule has 2 aromatic carbocycles. The van der Waals surface area contributed by atoms with E-state index in [1.165, 1.54) is 0 Å². The highest BCUT2D eigenvalue weighted by Crippen LogP contribution is 2.33. The predicted octanol–water partition coefficient (Wildman–Crippen LogP) is 3.43. The summed E-state index contributed by atoms with van der Waals surface area (Å²) < 4.78 is 12.2. The molecule has 0 aliphatic carbocycles. The molecule has 7 heteroatoms. The number of benzene rings is 2. The van der Waals surface area contributed by atoms with Crippen LogP contribution in [0.3, 0.4) is 0 Å². The molecule has 3 N–H and O–H groups in total. The van der Waals surface area contributed by atoms with E-state index in [0.29, 0.717) is 36.0 Å². The number of anilines is 1. The molecule has 0 radical (unpaired) electrons. The van der Waals surface area contributed by atoms with Crippen LogP contribution in [0.2, 0.25) is 0 Å². The molecule has 0 aliphatic heterocycles. The van der Waals surface area contributed by atoms with Crippen LogP contribution in [0, 0.1) is 3.57 Å². The Hall–Kier alpha value is -2.29. The summed E-state index contributed by atoms with van der Waals surface area (Å²) >= 11 is 2.18. The van der Waals surface area contributed by atoms with E-state index >= 15 is 0 Å². The SMILES string of the molecule is CCOc1cc(/C=N\NC(=O)c2ccccc2N)cc(I)c1OCC. The molecule has 0 fully saturated rings. The van der Waals surface area contributed by atoms with Gasteiger partial charge in [0.2, 0.25) is 0 Å². The number of nitrogen functional groups attached to an aromatic ring is 1. The maximum atomic E-state index is 12.1. The molecule has 0 aromatic heterocycles. The summed E-state index contributed by atoms with van der Waals surface area (Å²) in [6, 6.07) is 10.6. The van der Waals surface area contributed by atoms with E-state index in [4.69, 9.17) is 15.2 Å². The summed E-state index contributed by atoms with van der Waals surface area (Å²) in [5.74, 6) is 1.000. The number of hydrogen-bond donors (Lipinski definition) is 2. The van der Waals surface area contributed by atoms with Crippen LogP contribution < -0.4 is 20.6 Å². The predicted molar refractivity (Wildman–Crippen MR) is 107 cm³/mol. The minimum atomic E-state index is -0.361. The van der Waals surface area contributed by atoms with Crippen LogP contribution in [-0.4, -0.2) is 25.3 Å². The van der Waals surface area contributed by atoms with E-state index < -0.39 is 0 Å². The first-order valence-corrected chi connectivity index (χ1v) is 8.91. The number of nitrogens with two attached hydrogens (primary N) is 1. The zero-order chi connectivity index (χ0) is 18.2. The molecule has 0 aliphatic rings. The van der Waals surface area contributed by atoms with E-state index in [2.05, 4.69) is 33.1 Å². The lowest BCUT2D eigenvalue weighted by atomic mass is 10.2. The van der Waals surface area contributed by atoms with E-state index in [0.717, 1.165) is 9.13 Å². The van der Waals surface area contributed by atoms with Crippen LogP contribution in [0.4, 0.5) is 5.69 Å². The number of carbonyl (C=O) groups excluding carboxylic acids is 1. The van der Waals surface area contributed by atoms with Gasteiger partial charge < -0.3 is 15.2 Å². The van der Waals surface area contributed by atoms with Gasteiger partial charge in [-0.15, -0.1) is 0 Å². The van der Waals surface area contributed by atoms with Gasteiger partial charge in [-0.2, -0.15) is 5.10 Å². The molecule has 0 heterocycles. The number of hydrogen-bond acceptors (Lipinski definition) is 5. The first-order chi connectivity index (χ1) is 12.1. The first kappa shape index (κ1) is 19.0. The van der Waals surface area contributed by atoms with Gasteiger partial charge in [0, 0.05) is 5.69 Å². The number of carbonyl (C=O) groups is 1. The number of para-hydroxylation sites is 1. The van der Waals surface area contributed by atoms with Crippen LogP contribution in [0.5, 0.6) is 11.5 Å². The lowest BCUT2D eigenvalue weighted by molar-refractivity contribution is 0.0956. The highest BCUT2D eigenvalue weighted by atomic mass is 127. The van der Waals surface area contributed by atoms with Crippen molar-refractivity contribution in [3.8, 4) is 11.5 Å². The Morgan fingerprint density at radius 1 is 1.24 bits per heavy atom. The van der Waals surface area contributed by atoms with Gasteiger partial charge in [-0.1, -0.05) is 12.1 Å². The summed E-state index contributed by atoms with van der Waals surface area (Å²) in [4.78, 5) is 12.1. The molecular weight excluding hydrogens is 433 g/mol. The average Bonchev–Trinajstić information content (AvgIpc) is 2.58. The van der Waals surface area contributed by atoms with Crippen LogP contribution in [0.25, 0.3) is 0 Å². The highest BCUT2D eigenvalue weighted by Gasteiger charge is 2.11. The monoisotopic (exact) mass is 453 g/mol. The molecule has 132 valence electrons. The Kier molecular flexibility index (Phi) is 7.05. The standard InChI is InChI=1S/C18H20IN3O3/c1-3-24-16-10-12(9-14(19)17(16)25-4-2)11-21-22-18(23)13-7-5-6-8-15(13)20/h5-11H,3-4,20H2,1-2H3,(H,22,23)/b21-11-. The van der Waals surface area contributed by atoms with Crippen molar-refractivity contribution in [3.05, 3.63) is 51.1 Å². The van der Waals surface area contributed by atoms with E-state index in [1.807, 2.05) is 26.0 Å². The van der Waals surface area contributed by atoms with Gasteiger partial charge >= 0.3 is 0 Å². The highest BCUT2D eigenvalue weighted by molar-refractivity contribution is 14.1. The third kappa shape index (κ3) is 5.09. The molecule has 1 amide bonds. The van der Waals surface area contributed by atoms with Gasteiger partial charge in [0.05, 0.1) is 28.6 Å². The largest absolute Gasteiger partial charge is 0.490 e. The topological polar surface area (TPSA) is 85.9 Å². The number of nitrogens with zero attached hydrogens (tertiary/aromatic N) is 1. The van der Waals surface area contributed by atoms with Crippen molar-refractivity contribution in [2.75, 3.05) is 18.9 Å². The second-order valence-electron chi connectivity index (χ2n) is 4.98. The maximum Gasteiger partial charge on any atom is 0.273 e. The number of amides is 1. The van der Waals surface area contributed by atoms with Crippen molar-refractivity contribution in [1.29, 1.82) is 0 Å². The Balaban J connectivity index is 2.15. The molecule has 0 saturated heterocycles. The molecule has 0 bridgehead atoms. The van der Waals surface area contributed by atoms with Gasteiger partial charge in [-0.3, -0.25) is 4.79 Å². The van der Waals surface area contributed by atoms with Crippen LogP contribution >= 0.6 is 22.6 Å². The van der Waals surface area contributed by atoms with Crippen molar-refractivity contribution < 1.29 is 14.3 Å². The number of halogens is 1. The second kappa shape index (κ2) is 9.26. The summed E-state index contributed by atoms with van der Waals surface area (Å²) in [7, 11) is 0. The Morgan fingerprint density at radius 3 is 2.64 bits per heavy atom. The molecule has 25 heavy (non-hydrogen) atoms. The van der Waals surface area contributed by atoms with Crippen LogP contribution in [-0.2, 0) is 0 Å². The Labute approximate surface area is 160 Å². The number of hydrazone groups is 1. The maximum absolute atomic E-state index is 12.1. The van der Waals surface area contributed by atoms with Crippen molar-refractivity contribution in [2.24, 2.45) is 5.10 Å². The van der Waals surface area contributed by atoms with Crippen molar-refractivity contribution in [1.82, 2.24) is 5.43 Å². The normalized spacial score (nSPS) is 10.7. The summed E-state index contributed by atoms with van der Waals surface area (Å²) in [6.07, 6.45) is 1.55. The Bertz CT molecular complexity index is 778. The van der Waals surface area contributed by atoms with Crippen molar-refractivity contribution in [2.45, 2.75) is 13.8 Å². The van der Waals surface area contributed by atoms with Gasteiger partial charge in [0.15, 0.2) is 11.5 Å². The molecule has 2 aromatic rings. The lowest BCUT2D eigenvalue weighted by Gasteiger charge is -2.13. The quantitative estimate of drug-likeness (QED) is 0.291. The van der Waals surface area contributed by atoms with E-state index in [1.54, 1.807) is 30.5 Å². The number of nitrogens with one attached hydrogen (secondary N) is 1. The third-order valence-corrected chi connectivity index (χ3v) is 4.01. The fourth-order valence-electron chi connectivity index (χ4n) is 2.14. The molecule has 6 nitrogen and oxygen atoms in total. The third-order valence-electron chi connectivity index (χ3n) is 3.21. The zero-order valence-electron chi connectivity index (χ0n) is 14.1. The van der Waals surface area contributed by atoms with Crippen LogP contribution in [0.15, 0.2) is 41.5 Å². The summed E-state index contributed by atoms with van der Waals surface area (Å²) in [5, 5.41) is 4.00. The zero-order valence-corrected chi connectivity index (χ0v) is 16.2. The number of rotatable bonds is 7. The molecule has 0 unspecified atom stereocenters. The average molecular weight is 453 g/mol. The molecule has 0 spiro atoms. The van der Waals surface area contributed by atoms with Gasteiger partial charge in [0.1, 0.15) is 0 Å². The smallest absolute Gasteiger partial charge is 0.273 e. The minimum absolute atomic E-state index is 0.361. The van der Waals surface area contributed by atoms with Crippen molar-refractivity contribution >= 4 is 40.4 Å². The summed E-state index contributed by atoms with van der Waals surface area (Å²) in [5.41, 5.74) is 9.83. The first-order valence-electron chi connectivity index (χ1n) is 7.83. The molecular formula is C18H20IN3O3. The van der Waals surface area contributed by atoms with Gasteiger partial charge in [-0.05, 0) is 66.3 Å². The molecule has 0 saturated carbocycles. The minimum Gasteiger partial charge on any atom is -0.490 e. The van der Waals surface area contributed by atoms with E-state index in [-0.39, 0.29) is 5.91 Å². The second-order valence-corrected chi connectivity index (χ2v) is 6.14.